The Bertz CT molecular complexity index is 2120. The van der Waals surface area contributed by atoms with E-state index in [1.807, 2.05) is 56.3 Å². The minimum atomic E-state index is -0.897. The van der Waals surface area contributed by atoms with Gasteiger partial charge in [0.1, 0.15) is 29.4 Å². The molecule has 2 aromatic heterocycles. The van der Waals surface area contributed by atoms with Crippen molar-refractivity contribution in [1.29, 1.82) is 0 Å². The number of carbonyl (C=O) groups is 4. The first-order valence-electron chi connectivity index (χ1n) is 18.2. The van der Waals surface area contributed by atoms with Crippen LogP contribution >= 0.6 is 0 Å². The van der Waals surface area contributed by atoms with Gasteiger partial charge in [-0.25, -0.2) is 19.6 Å². The lowest BCUT2D eigenvalue weighted by atomic mass is 10.0. The van der Waals surface area contributed by atoms with Crippen LogP contribution in [0.3, 0.4) is 0 Å². The second-order valence-electron chi connectivity index (χ2n) is 13.7. The number of H-pyrrole nitrogens is 2. The maximum atomic E-state index is 13.7. The van der Waals surface area contributed by atoms with Crippen LogP contribution in [0.1, 0.15) is 86.1 Å². The van der Waals surface area contributed by atoms with Gasteiger partial charge in [-0.3, -0.25) is 9.59 Å². The van der Waals surface area contributed by atoms with Crippen LogP contribution in [0, 0.1) is 29.6 Å². The average molecular weight is 745 g/mol. The van der Waals surface area contributed by atoms with Crippen molar-refractivity contribution in [2.24, 2.45) is 5.92 Å². The number of amides is 4. The van der Waals surface area contributed by atoms with Crippen molar-refractivity contribution in [2.75, 3.05) is 27.3 Å². The van der Waals surface area contributed by atoms with Gasteiger partial charge in [0.15, 0.2) is 0 Å². The zero-order valence-corrected chi connectivity index (χ0v) is 31.2. The van der Waals surface area contributed by atoms with Gasteiger partial charge in [0, 0.05) is 18.7 Å². The van der Waals surface area contributed by atoms with Crippen molar-refractivity contribution in [3.05, 3.63) is 95.5 Å². The highest BCUT2D eigenvalue weighted by Crippen LogP contribution is 2.34. The lowest BCUT2D eigenvalue weighted by Gasteiger charge is -2.30. The topological polar surface area (TPSA) is 175 Å². The summed E-state index contributed by atoms with van der Waals surface area (Å²) in [6.45, 7) is 4.88. The van der Waals surface area contributed by atoms with E-state index in [4.69, 9.17) is 9.47 Å². The molecule has 4 N–H and O–H groups in total. The summed E-state index contributed by atoms with van der Waals surface area (Å²) in [4.78, 5) is 70.5. The minimum Gasteiger partial charge on any atom is -0.453 e. The molecule has 1 unspecified atom stereocenters. The predicted molar refractivity (Wildman–Crippen MR) is 203 cm³/mol. The van der Waals surface area contributed by atoms with E-state index in [1.54, 1.807) is 34.3 Å². The molecule has 2 aliphatic rings. The second kappa shape index (κ2) is 17.5. The molecular formula is C41H44N8O6. The Labute approximate surface area is 319 Å². The summed E-state index contributed by atoms with van der Waals surface area (Å²) in [7, 11) is 2.54. The van der Waals surface area contributed by atoms with Gasteiger partial charge < -0.3 is 39.9 Å². The highest BCUT2D eigenvalue weighted by molar-refractivity contribution is 5.88. The lowest BCUT2D eigenvalue weighted by Crippen LogP contribution is -2.51. The van der Waals surface area contributed by atoms with E-state index in [2.05, 4.69) is 54.3 Å². The molecule has 4 aromatic rings. The molecule has 0 bridgehead atoms. The van der Waals surface area contributed by atoms with E-state index in [1.165, 1.54) is 14.2 Å². The molecule has 2 aliphatic heterocycles. The number of aromatic amines is 2. The standard InChI is InChI=1S/C41H44N8O6/c1-26(2)34(46-40(52)54-3)38(50)48-22-11-17-33(48)37-43-25-31(45-37)28-20-18-27(19-21-28)12-8-9-15-30-24-42-36(44-30)32-16-10-23-49(32)39(51)35(47-41(53)55-4)29-13-6-5-7-14-29/h5-7,13-14,18-21,24-26,32-35H,10-11,16-17,22-23H2,1-4H3,(H,42,44)(H,43,45)(H,46,52)(H,47,53)/t32-,33-,34-,35?/m0/s1. The molecule has 6 rings (SSSR count). The third-order valence-electron chi connectivity index (χ3n) is 9.78. The SMILES string of the molecule is COC(=O)NC(C(=O)N1CCC[C@H]1c1ncc(C#CC#Cc2ccc(-c3cnc([C@@H]4CCCN4C(=O)[C@@H](NC(=O)OC)C(C)C)[nH]3)cc2)[nH]1)c1ccccc1. The summed E-state index contributed by atoms with van der Waals surface area (Å²) < 4.78 is 9.52. The number of ether oxygens (including phenoxy) is 2. The van der Waals surface area contributed by atoms with Gasteiger partial charge in [0.25, 0.3) is 5.91 Å². The molecule has 0 spiro atoms. The molecule has 55 heavy (non-hydrogen) atoms. The largest absolute Gasteiger partial charge is 0.453 e. The van der Waals surface area contributed by atoms with Crippen LogP contribution in [0.5, 0.6) is 0 Å². The number of imidazole rings is 2. The van der Waals surface area contributed by atoms with Gasteiger partial charge in [0.2, 0.25) is 5.91 Å². The quantitative estimate of drug-likeness (QED) is 0.173. The highest BCUT2D eigenvalue weighted by atomic mass is 16.5. The number of aromatic nitrogens is 4. The molecule has 2 fully saturated rings. The summed E-state index contributed by atoms with van der Waals surface area (Å²) >= 11 is 0. The molecular weight excluding hydrogens is 701 g/mol. The van der Waals surface area contributed by atoms with Gasteiger partial charge >= 0.3 is 12.2 Å². The van der Waals surface area contributed by atoms with Crippen molar-refractivity contribution >= 4 is 24.0 Å². The van der Waals surface area contributed by atoms with E-state index in [0.29, 0.717) is 36.0 Å². The molecule has 4 heterocycles. The van der Waals surface area contributed by atoms with E-state index in [-0.39, 0.29) is 29.8 Å². The number of likely N-dealkylation sites (tertiary alicyclic amines) is 2. The predicted octanol–water partition coefficient (Wildman–Crippen LogP) is 5.01. The molecule has 0 radical (unpaired) electrons. The fraction of sp³-hybridized carbons (Fsp3) is 0.366. The highest BCUT2D eigenvalue weighted by Gasteiger charge is 2.38. The third-order valence-corrected chi connectivity index (χ3v) is 9.78. The second-order valence-corrected chi connectivity index (χ2v) is 13.7. The van der Waals surface area contributed by atoms with E-state index in [0.717, 1.165) is 42.5 Å². The number of carbonyl (C=O) groups excluding carboxylic acids is 4. The zero-order valence-electron chi connectivity index (χ0n) is 31.2. The fourth-order valence-corrected chi connectivity index (χ4v) is 6.94. The Morgan fingerprint density at radius 2 is 1.36 bits per heavy atom. The molecule has 2 saturated heterocycles. The van der Waals surface area contributed by atoms with Gasteiger partial charge in [-0.2, -0.15) is 0 Å². The summed E-state index contributed by atoms with van der Waals surface area (Å²) in [6.07, 6.45) is 5.17. The molecule has 284 valence electrons. The number of nitrogens with zero attached hydrogens (tertiary/aromatic N) is 4. The Morgan fingerprint density at radius 1 is 0.764 bits per heavy atom. The van der Waals surface area contributed by atoms with Crippen LogP contribution in [-0.4, -0.2) is 87.1 Å². The number of benzene rings is 2. The Kier molecular flexibility index (Phi) is 12.2. The minimum absolute atomic E-state index is 0.114. The monoisotopic (exact) mass is 744 g/mol. The van der Waals surface area contributed by atoms with Crippen molar-refractivity contribution in [2.45, 2.75) is 63.7 Å². The smallest absolute Gasteiger partial charge is 0.407 e. The Balaban J connectivity index is 1.08. The Hall–Kier alpha value is -6.54. The van der Waals surface area contributed by atoms with Crippen molar-refractivity contribution < 1.29 is 28.7 Å². The van der Waals surface area contributed by atoms with E-state index >= 15 is 0 Å². The van der Waals surface area contributed by atoms with Crippen LogP contribution in [0.25, 0.3) is 11.3 Å². The van der Waals surface area contributed by atoms with Crippen LogP contribution < -0.4 is 10.6 Å². The molecule has 14 nitrogen and oxygen atoms in total. The molecule has 0 saturated carbocycles. The number of rotatable bonds is 9. The normalized spacial score (nSPS) is 17.3. The Morgan fingerprint density at radius 3 is 2.02 bits per heavy atom. The molecule has 4 atom stereocenters. The van der Waals surface area contributed by atoms with Crippen LogP contribution in [0.15, 0.2) is 67.0 Å². The number of methoxy groups -OCH3 is 2. The van der Waals surface area contributed by atoms with Crippen molar-refractivity contribution in [1.82, 2.24) is 40.4 Å². The van der Waals surface area contributed by atoms with E-state index < -0.39 is 24.3 Å². The van der Waals surface area contributed by atoms with Gasteiger partial charge in [-0.05, 0) is 72.6 Å². The summed E-state index contributed by atoms with van der Waals surface area (Å²) in [5, 5.41) is 5.35. The summed E-state index contributed by atoms with van der Waals surface area (Å²) in [6, 6.07) is 14.7. The molecule has 4 amide bonds. The maximum Gasteiger partial charge on any atom is 0.407 e. The van der Waals surface area contributed by atoms with Crippen LogP contribution in [0.4, 0.5) is 9.59 Å². The summed E-state index contributed by atoms with van der Waals surface area (Å²) in [5.41, 5.74) is 3.74. The lowest BCUT2D eigenvalue weighted by molar-refractivity contribution is -0.135. The number of alkyl carbamates (subject to hydrolysis) is 2. The molecule has 0 aliphatic carbocycles. The number of nitrogens with one attached hydrogen (secondary N) is 4. The third kappa shape index (κ3) is 8.99. The molecule has 14 heteroatoms. The molecule has 2 aromatic carbocycles. The zero-order chi connectivity index (χ0) is 38.9. The van der Waals surface area contributed by atoms with Crippen molar-refractivity contribution in [3.63, 3.8) is 0 Å². The van der Waals surface area contributed by atoms with Crippen molar-refractivity contribution in [3.8, 4) is 34.9 Å². The van der Waals surface area contributed by atoms with E-state index in [9.17, 15) is 19.2 Å². The first kappa shape index (κ1) is 38.2. The van der Waals surface area contributed by atoms with Gasteiger partial charge in [0.05, 0.1) is 44.4 Å². The van der Waals surface area contributed by atoms with Crippen LogP contribution in [0.2, 0.25) is 0 Å². The average Bonchev–Trinajstić information content (AvgIpc) is 4.04. The number of hydrogen-bond donors (Lipinski definition) is 4. The number of hydrogen-bond acceptors (Lipinski definition) is 8. The first-order valence-corrected chi connectivity index (χ1v) is 18.2. The summed E-state index contributed by atoms with van der Waals surface area (Å²) in [5.74, 6) is 12.6. The van der Waals surface area contributed by atoms with Gasteiger partial charge in [-0.1, -0.05) is 62.2 Å². The fourth-order valence-electron chi connectivity index (χ4n) is 6.94. The first-order chi connectivity index (χ1) is 26.7. The maximum absolute atomic E-state index is 13.7. The van der Waals surface area contributed by atoms with Crippen LogP contribution in [-0.2, 0) is 19.1 Å². The van der Waals surface area contributed by atoms with Gasteiger partial charge in [-0.15, -0.1) is 0 Å².